The average molecular weight is 656 g/mol. The van der Waals surface area contributed by atoms with Gasteiger partial charge in [0.25, 0.3) is 0 Å². The molecule has 2 heterocycles. The molecule has 2 aromatic heterocycles. The maximum absolute atomic E-state index is 5.08. The van der Waals surface area contributed by atoms with Crippen molar-refractivity contribution in [2.24, 2.45) is 0 Å². The lowest BCUT2D eigenvalue weighted by molar-refractivity contribution is 0.661. The minimum atomic E-state index is -0.0955. The number of nitrogens with zero attached hydrogens (tertiary/aromatic N) is 3. The smallest absolute Gasteiger partial charge is 0.160 e. The van der Waals surface area contributed by atoms with E-state index in [1.54, 1.807) is 0 Å². The van der Waals surface area contributed by atoms with Gasteiger partial charge in [0.1, 0.15) is 0 Å². The second-order valence-corrected chi connectivity index (χ2v) is 13.9. The van der Waals surface area contributed by atoms with Crippen molar-refractivity contribution in [3.05, 3.63) is 181 Å². The second-order valence-electron chi connectivity index (χ2n) is 13.9. The van der Waals surface area contributed by atoms with Gasteiger partial charge in [-0.2, -0.15) is 0 Å². The molecule has 3 nitrogen and oxygen atoms in total. The molecule has 0 amide bonds. The lowest BCUT2D eigenvalue weighted by atomic mass is 9.82. The molecule has 1 aliphatic rings. The highest BCUT2D eigenvalue weighted by Crippen LogP contribution is 2.54. The van der Waals surface area contributed by atoms with Gasteiger partial charge in [-0.1, -0.05) is 154 Å². The third-order valence-corrected chi connectivity index (χ3v) is 10.6. The van der Waals surface area contributed by atoms with Crippen LogP contribution < -0.4 is 0 Å². The van der Waals surface area contributed by atoms with E-state index in [0.29, 0.717) is 5.82 Å². The number of benzene rings is 6. The van der Waals surface area contributed by atoms with Gasteiger partial charge in [-0.25, -0.2) is 9.97 Å². The van der Waals surface area contributed by atoms with Gasteiger partial charge < -0.3 is 4.57 Å². The molecule has 244 valence electrons. The highest BCUT2D eigenvalue weighted by Gasteiger charge is 2.38. The summed E-state index contributed by atoms with van der Waals surface area (Å²) in [5, 5.41) is 1.29. The van der Waals surface area contributed by atoms with Crippen molar-refractivity contribution in [3.63, 3.8) is 0 Å². The van der Waals surface area contributed by atoms with Gasteiger partial charge in [-0.3, -0.25) is 0 Å². The van der Waals surface area contributed by atoms with E-state index in [-0.39, 0.29) is 5.41 Å². The predicted molar refractivity (Wildman–Crippen MR) is 213 cm³/mol. The van der Waals surface area contributed by atoms with Gasteiger partial charge >= 0.3 is 0 Å². The lowest BCUT2D eigenvalue weighted by Gasteiger charge is -2.21. The van der Waals surface area contributed by atoms with Gasteiger partial charge in [-0.05, 0) is 64.6 Å². The van der Waals surface area contributed by atoms with Crippen molar-refractivity contribution in [1.82, 2.24) is 14.5 Å². The fraction of sp³-hybridized carbons (Fsp3) is 0.0833. The van der Waals surface area contributed by atoms with Crippen LogP contribution >= 0.6 is 0 Å². The monoisotopic (exact) mass is 655 g/mol. The molecule has 0 atom stereocenters. The standard InChI is InChI=1S/C48H37N3/c1-5-32-16-12-13-21-37(32)44-31(2)51(43-29-28-40-45(46(43)44)38-22-14-15-23-39(38)48(40,3)4)36-26-24-34(25-27-36)42-30-41(33-17-8-6-9-18-33)49-47(50-42)35-19-10-7-11-20-35/h5-30H,1H2,2-4H3. The Hall–Kier alpha value is -6.32. The third-order valence-electron chi connectivity index (χ3n) is 10.6. The molecule has 0 spiro atoms. The van der Waals surface area contributed by atoms with E-state index < -0.39 is 0 Å². The Morgan fingerprint density at radius 2 is 1.16 bits per heavy atom. The van der Waals surface area contributed by atoms with E-state index in [0.717, 1.165) is 39.3 Å². The normalized spacial score (nSPS) is 12.8. The summed E-state index contributed by atoms with van der Waals surface area (Å²) in [7, 11) is 0. The maximum Gasteiger partial charge on any atom is 0.160 e. The molecule has 51 heavy (non-hydrogen) atoms. The molecule has 0 saturated carbocycles. The second kappa shape index (κ2) is 11.9. The Labute approximate surface area is 299 Å². The van der Waals surface area contributed by atoms with Gasteiger partial charge in [0, 0.05) is 44.4 Å². The quantitative estimate of drug-likeness (QED) is 0.178. The van der Waals surface area contributed by atoms with Crippen LogP contribution in [-0.2, 0) is 5.41 Å². The summed E-state index contributed by atoms with van der Waals surface area (Å²) in [6.07, 6.45) is 1.98. The first-order valence-corrected chi connectivity index (χ1v) is 17.5. The molecule has 8 aromatic rings. The number of fused-ring (bicyclic) bond motifs is 5. The number of hydrogen-bond donors (Lipinski definition) is 0. The molecule has 0 unspecified atom stereocenters. The highest BCUT2D eigenvalue weighted by atomic mass is 15.0. The van der Waals surface area contributed by atoms with E-state index in [1.165, 1.54) is 50.0 Å². The van der Waals surface area contributed by atoms with Crippen molar-refractivity contribution >= 4 is 17.0 Å². The van der Waals surface area contributed by atoms with Crippen molar-refractivity contribution in [1.29, 1.82) is 0 Å². The average Bonchev–Trinajstić information content (AvgIpc) is 3.61. The minimum absolute atomic E-state index is 0.0955. The first kappa shape index (κ1) is 30.7. The maximum atomic E-state index is 5.08. The Morgan fingerprint density at radius 3 is 1.84 bits per heavy atom. The Morgan fingerprint density at radius 1 is 0.569 bits per heavy atom. The molecule has 0 saturated heterocycles. The molecule has 6 aromatic carbocycles. The van der Waals surface area contributed by atoms with Gasteiger partial charge in [0.2, 0.25) is 0 Å². The largest absolute Gasteiger partial charge is 0.313 e. The molecule has 3 heteroatoms. The van der Waals surface area contributed by atoms with Crippen LogP contribution in [0.25, 0.3) is 78.8 Å². The van der Waals surface area contributed by atoms with Crippen LogP contribution in [0.3, 0.4) is 0 Å². The van der Waals surface area contributed by atoms with Gasteiger partial charge in [0.05, 0.1) is 16.9 Å². The van der Waals surface area contributed by atoms with E-state index in [4.69, 9.17) is 9.97 Å². The fourth-order valence-electron chi connectivity index (χ4n) is 8.11. The summed E-state index contributed by atoms with van der Waals surface area (Å²) in [6, 6.07) is 53.7. The van der Waals surface area contributed by atoms with E-state index in [1.807, 2.05) is 30.3 Å². The van der Waals surface area contributed by atoms with E-state index in [2.05, 4.69) is 159 Å². The Balaban J connectivity index is 1.25. The Bertz CT molecular complexity index is 2550. The van der Waals surface area contributed by atoms with Crippen molar-refractivity contribution < 1.29 is 0 Å². The van der Waals surface area contributed by atoms with Crippen LogP contribution in [0.1, 0.15) is 36.2 Å². The van der Waals surface area contributed by atoms with Gasteiger partial charge in [-0.15, -0.1) is 0 Å². The molecule has 9 rings (SSSR count). The van der Waals surface area contributed by atoms with E-state index in [9.17, 15) is 0 Å². The molecular weight excluding hydrogens is 619 g/mol. The Kier molecular flexibility index (Phi) is 7.18. The summed E-state index contributed by atoms with van der Waals surface area (Å²) in [4.78, 5) is 10.1. The molecule has 0 radical (unpaired) electrons. The number of aromatic nitrogens is 3. The molecule has 0 fully saturated rings. The van der Waals surface area contributed by atoms with Crippen molar-refractivity contribution in [2.75, 3.05) is 0 Å². The zero-order valence-corrected chi connectivity index (χ0v) is 29.1. The summed E-state index contributed by atoms with van der Waals surface area (Å²) in [5.41, 5.74) is 17.3. The van der Waals surface area contributed by atoms with Crippen LogP contribution in [0.5, 0.6) is 0 Å². The highest BCUT2D eigenvalue weighted by molar-refractivity contribution is 6.12. The lowest BCUT2D eigenvalue weighted by Crippen LogP contribution is -2.14. The fourth-order valence-corrected chi connectivity index (χ4v) is 8.11. The zero-order chi connectivity index (χ0) is 34.7. The molecule has 0 N–H and O–H groups in total. The van der Waals surface area contributed by atoms with E-state index >= 15 is 0 Å². The van der Waals surface area contributed by atoms with Crippen molar-refractivity contribution in [3.8, 4) is 61.8 Å². The van der Waals surface area contributed by atoms with Gasteiger partial charge in [0.15, 0.2) is 5.82 Å². The SMILES string of the molecule is C=Cc1ccccc1-c1c(C)n(-c2ccc(-c3cc(-c4ccccc4)nc(-c4ccccc4)n3)cc2)c2ccc3c(c12)-c1ccccc1C3(C)C. The zero-order valence-electron chi connectivity index (χ0n) is 29.1. The number of hydrogen-bond acceptors (Lipinski definition) is 2. The molecule has 1 aliphatic carbocycles. The molecule has 0 aliphatic heterocycles. The molecular formula is C48H37N3. The van der Waals surface area contributed by atoms with Crippen LogP contribution in [0.2, 0.25) is 0 Å². The third kappa shape index (κ3) is 4.88. The van der Waals surface area contributed by atoms with Crippen LogP contribution in [-0.4, -0.2) is 14.5 Å². The van der Waals surface area contributed by atoms with Crippen molar-refractivity contribution in [2.45, 2.75) is 26.2 Å². The predicted octanol–water partition coefficient (Wildman–Crippen LogP) is 12.3. The first-order valence-electron chi connectivity index (χ1n) is 17.5. The van der Waals surface area contributed by atoms with Crippen LogP contribution in [0.4, 0.5) is 0 Å². The summed E-state index contributed by atoms with van der Waals surface area (Å²) < 4.78 is 2.42. The summed E-state index contributed by atoms with van der Waals surface area (Å²) >= 11 is 0. The molecule has 0 bridgehead atoms. The summed E-state index contributed by atoms with van der Waals surface area (Å²) in [6.45, 7) is 11.2. The van der Waals surface area contributed by atoms with Crippen LogP contribution in [0, 0.1) is 6.92 Å². The summed E-state index contributed by atoms with van der Waals surface area (Å²) in [5.74, 6) is 0.714. The minimum Gasteiger partial charge on any atom is -0.313 e. The van der Waals surface area contributed by atoms with Crippen LogP contribution in [0.15, 0.2) is 158 Å². The topological polar surface area (TPSA) is 30.7 Å². The first-order chi connectivity index (χ1) is 24.9. The number of rotatable bonds is 6.